The van der Waals surface area contributed by atoms with Crippen molar-refractivity contribution in [2.75, 3.05) is 18.0 Å². The van der Waals surface area contributed by atoms with E-state index in [0.29, 0.717) is 12.3 Å². The molecule has 2 aromatic carbocycles. The molecule has 4 aromatic rings. The normalized spacial score (nSPS) is 15.9. The molecule has 0 radical (unpaired) electrons. The Hall–Kier alpha value is -4.33. The van der Waals surface area contributed by atoms with E-state index in [4.69, 9.17) is 9.72 Å². The topological polar surface area (TPSA) is 96.7 Å². The van der Waals surface area contributed by atoms with E-state index in [2.05, 4.69) is 86.7 Å². The summed E-state index contributed by atoms with van der Waals surface area (Å²) in [5.41, 5.74) is 8.33. The molecule has 0 spiro atoms. The van der Waals surface area contributed by atoms with Gasteiger partial charge in [0.15, 0.2) is 0 Å². The van der Waals surface area contributed by atoms with Crippen LogP contribution in [0, 0.1) is 11.3 Å². The molecule has 256 valence electrons. The second-order valence-electron chi connectivity index (χ2n) is 14.3. The molecule has 2 atom stereocenters. The zero-order valence-electron chi connectivity index (χ0n) is 29.5. The van der Waals surface area contributed by atoms with E-state index in [1.165, 1.54) is 27.7 Å². The summed E-state index contributed by atoms with van der Waals surface area (Å²) in [5.74, 6) is -0.631. The third kappa shape index (κ3) is 8.03. The molecule has 8 heteroatoms. The molecule has 1 aliphatic heterocycles. The fourth-order valence-corrected chi connectivity index (χ4v) is 7.06. The maximum absolute atomic E-state index is 12.5. The predicted octanol–water partition coefficient (Wildman–Crippen LogP) is 8.81. The Morgan fingerprint density at radius 1 is 1.08 bits per heavy atom. The first kappa shape index (κ1) is 35.0. The summed E-state index contributed by atoms with van der Waals surface area (Å²) in [6, 6.07) is 19.5. The van der Waals surface area contributed by atoms with Crippen molar-refractivity contribution in [3.8, 4) is 11.3 Å². The number of nitrogens with one attached hydrogen (secondary N) is 1. The van der Waals surface area contributed by atoms with Crippen LogP contribution in [-0.2, 0) is 29.1 Å². The number of carboxylic acid groups (broad SMARTS) is 1. The molecular formula is C40H52N4O4. The van der Waals surface area contributed by atoms with Crippen LogP contribution in [0.5, 0.6) is 0 Å². The number of piperidine rings is 1. The number of carboxylic acids is 1. The van der Waals surface area contributed by atoms with Gasteiger partial charge in [0.25, 0.3) is 0 Å². The minimum atomic E-state index is -1.04. The van der Waals surface area contributed by atoms with Gasteiger partial charge in [-0.1, -0.05) is 71.4 Å². The minimum absolute atomic E-state index is 0.0944. The van der Waals surface area contributed by atoms with Gasteiger partial charge in [-0.15, -0.1) is 0 Å². The van der Waals surface area contributed by atoms with E-state index >= 15 is 0 Å². The first-order chi connectivity index (χ1) is 23.0. The molecular weight excluding hydrogens is 600 g/mol. The first-order valence-corrected chi connectivity index (χ1v) is 17.6. The van der Waals surface area contributed by atoms with Crippen molar-refractivity contribution in [1.82, 2.24) is 14.9 Å². The molecule has 3 heterocycles. The summed E-state index contributed by atoms with van der Waals surface area (Å²) in [7, 11) is 0. The van der Waals surface area contributed by atoms with Crippen LogP contribution in [-0.4, -0.2) is 45.9 Å². The van der Waals surface area contributed by atoms with Gasteiger partial charge < -0.3 is 24.6 Å². The fraction of sp³-hybridized carbons (Fsp3) is 0.475. The zero-order valence-corrected chi connectivity index (χ0v) is 29.5. The molecule has 0 bridgehead atoms. The van der Waals surface area contributed by atoms with Crippen LogP contribution in [0.1, 0.15) is 90.0 Å². The van der Waals surface area contributed by atoms with Crippen molar-refractivity contribution < 1.29 is 19.4 Å². The fourth-order valence-electron chi connectivity index (χ4n) is 7.06. The minimum Gasteiger partial charge on any atom is -0.480 e. The van der Waals surface area contributed by atoms with Crippen molar-refractivity contribution in [3.05, 3.63) is 83.7 Å². The lowest BCUT2D eigenvalue weighted by atomic mass is 9.81. The number of pyridine rings is 1. The number of fused-ring (bicyclic) bond motifs is 1. The average Bonchev–Trinajstić information content (AvgIpc) is 3.39. The number of amides is 1. The highest BCUT2D eigenvalue weighted by Gasteiger charge is 2.30. The number of hydrogen-bond donors (Lipinski definition) is 2. The van der Waals surface area contributed by atoms with Gasteiger partial charge in [-0.25, -0.2) is 9.59 Å². The van der Waals surface area contributed by atoms with Crippen LogP contribution in [0.25, 0.3) is 22.2 Å². The number of hydrogen-bond acceptors (Lipinski definition) is 5. The summed E-state index contributed by atoms with van der Waals surface area (Å²) in [4.78, 5) is 32.0. The van der Waals surface area contributed by atoms with Crippen LogP contribution >= 0.6 is 0 Å². The van der Waals surface area contributed by atoms with Crippen LogP contribution in [0.4, 0.5) is 10.5 Å². The molecule has 1 aliphatic rings. The number of ether oxygens (including phenoxy) is 1. The Labute approximate surface area is 285 Å². The number of nitrogens with zero attached hydrogens (tertiary/aromatic N) is 3. The van der Waals surface area contributed by atoms with E-state index in [9.17, 15) is 14.7 Å². The molecule has 5 rings (SSSR count). The van der Waals surface area contributed by atoms with Crippen LogP contribution in [0.3, 0.4) is 0 Å². The number of aliphatic carboxylic acids is 1. The number of carbonyl (C=O) groups is 2. The van der Waals surface area contributed by atoms with Gasteiger partial charge in [0.2, 0.25) is 0 Å². The largest absolute Gasteiger partial charge is 0.480 e. The Morgan fingerprint density at radius 2 is 1.85 bits per heavy atom. The highest BCUT2D eigenvalue weighted by Crippen LogP contribution is 2.42. The van der Waals surface area contributed by atoms with Crippen molar-refractivity contribution in [2.45, 2.75) is 98.8 Å². The van der Waals surface area contributed by atoms with Gasteiger partial charge in [-0.3, -0.25) is 4.98 Å². The second-order valence-corrected chi connectivity index (χ2v) is 14.3. The molecule has 1 fully saturated rings. The van der Waals surface area contributed by atoms with E-state index in [0.717, 1.165) is 62.3 Å². The smallest absolute Gasteiger partial charge is 0.408 e. The quantitative estimate of drug-likeness (QED) is 0.150. The molecule has 2 aromatic heterocycles. The SMILES string of the molecule is CCn1c(-c2cccnc2C(C)C)c(CC(C)(C)CC)c2cc(N3CCC[C@@H](C[C@H](NC(=O)OCc4ccccc4)C(=O)O)C3)ccc21. The lowest BCUT2D eigenvalue weighted by Crippen LogP contribution is -2.45. The third-order valence-electron chi connectivity index (χ3n) is 9.98. The number of aryl methyl sites for hydroxylation is 1. The Kier molecular flexibility index (Phi) is 11.1. The van der Waals surface area contributed by atoms with Crippen molar-refractivity contribution in [2.24, 2.45) is 11.3 Å². The van der Waals surface area contributed by atoms with Crippen LogP contribution in [0.15, 0.2) is 66.9 Å². The van der Waals surface area contributed by atoms with Crippen LogP contribution in [0.2, 0.25) is 0 Å². The highest BCUT2D eigenvalue weighted by atomic mass is 16.5. The summed E-state index contributed by atoms with van der Waals surface area (Å²) in [6.45, 7) is 16.2. The van der Waals surface area contributed by atoms with Gasteiger partial charge in [0.1, 0.15) is 12.6 Å². The van der Waals surface area contributed by atoms with Crippen molar-refractivity contribution in [3.63, 3.8) is 0 Å². The lowest BCUT2D eigenvalue weighted by Gasteiger charge is -2.35. The third-order valence-corrected chi connectivity index (χ3v) is 9.98. The first-order valence-electron chi connectivity index (χ1n) is 17.6. The van der Waals surface area contributed by atoms with E-state index in [1.54, 1.807) is 0 Å². The number of anilines is 1. The molecule has 1 amide bonds. The number of aromatic nitrogens is 2. The Bertz CT molecular complexity index is 1710. The van der Waals surface area contributed by atoms with E-state index in [1.807, 2.05) is 36.5 Å². The van der Waals surface area contributed by atoms with Gasteiger partial charge in [-0.2, -0.15) is 0 Å². The Balaban J connectivity index is 1.41. The Morgan fingerprint density at radius 3 is 2.54 bits per heavy atom. The lowest BCUT2D eigenvalue weighted by molar-refractivity contribution is -0.139. The highest BCUT2D eigenvalue weighted by molar-refractivity contribution is 5.94. The molecule has 0 aliphatic carbocycles. The monoisotopic (exact) mass is 652 g/mol. The molecule has 48 heavy (non-hydrogen) atoms. The number of alkyl carbamates (subject to hydrolysis) is 1. The molecule has 8 nitrogen and oxygen atoms in total. The number of carbonyl (C=O) groups excluding carboxylic acids is 1. The zero-order chi connectivity index (χ0) is 34.4. The second kappa shape index (κ2) is 15.3. The summed E-state index contributed by atoms with van der Waals surface area (Å²) in [5, 5.41) is 13.9. The molecule has 2 N–H and O–H groups in total. The van der Waals surface area contributed by atoms with Crippen LogP contribution < -0.4 is 10.2 Å². The summed E-state index contributed by atoms with van der Waals surface area (Å²) >= 11 is 0. The van der Waals surface area contributed by atoms with Crippen molar-refractivity contribution in [1.29, 1.82) is 0 Å². The predicted molar refractivity (Wildman–Crippen MR) is 193 cm³/mol. The summed E-state index contributed by atoms with van der Waals surface area (Å²) < 4.78 is 7.79. The maximum atomic E-state index is 12.5. The molecule has 0 unspecified atom stereocenters. The van der Waals surface area contributed by atoms with E-state index < -0.39 is 18.1 Å². The summed E-state index contributed by atoms with van der Waals surface area (Å²) in [6.07, 6.45) is 5.43. The average molecular weight is 653 g/mol. The number of benzene rings is 2. The maximum Gasteiger partial charge on any atom is 0.408 e. The number of rotatable bonds is 13. The standard InChI is InChI=1S/C40H52N4O4/c1-7-40(5,6)24-33-32-23-30(18-19-35(32)44(8-2)37(33)31-17-12-20-41-36(31)27(3)4)43-21-13-16-29(25-43)22-34(38(45)46)42-39(47)48-26-28-14-10-9-11-15-28/h9-12,14-15,17-20,23,27,29,34H,7-8,13,16,21-22,24-26H2,1-6H3,(H,42,47)(H,45,46)/t29-,34-/m0/s1. The van der Waals surface area contributed by atoms with Gasteiger partial charge in [-0.05, 0) is 91.3 Å². The molecule has 1 saturated heterocycles. The van der Waals surface area contributed by atoms with Gasteiger partial charge in [0.05, 0.1) is 11.4 Å². The van der Waals surface area contributed by atoms with Gasteiger partial charge >= 0.3 is 12.1 Å². The van der Waals surface area contributed by atoms with Gasteiger partial charge in [0, 0.05) is 48.0 Å². The molecule has 0 saturated carbocycles. The van der Waals surface area contributed by atoms with Crippen molar-refractivity contribution >= 4 is 28.7 Å². The van der Waals surface area contributed by atoms with E-state index in [-0.39, 0.29) is 17.9 Å².